The average molecular weight is 286 g/mol. The van der Waals surface area contributed by atoms with Crippen LogP contribution in [0.25, 0.3) is 0 Å². The summed E-state index contributed by atoms with van der Waals surface area (Å²) in [4.78, 5) is 0. The highest BCUT2D eigenvalue weighted by atomic mass is 35.5. The van der Waals surface area contributed by atoms with E-state index in [1.807, 2.05) is 0 Å². The number of nitrogens with one attached hydrogen (secondary N) is 1. The molecule has 1 atom stereocenters. The lowest BCUT2D eigenvalue weighted by atomic mass is 10.1. The van der Waals surface area contributed by atoms with Gasteiger partial charge in [0.1, 0.15) is 17.5 Å². The SMILES string of the molecule is CC(Nc1cc(F)ccc1Cl)c1c(F)cccc1F. The second-order valence-electron chi connectivity index (χ2n) is 4.13. The number of anilines is 1. The Balaban J connectivity index is 2.31. The summed E-state index contributed by atoms with van der Waals surface area (Å²) in [5, 5.41) is 3.08. The van der Waals surface area contributed by atoms with Crippen LogP contribution in [0.1, 0.15) is 18.5 Å². The first-order chi connectivity index (χ1) is 8.99. The molecule has 0 amide bonds. The molecule has 2 aromatic carbocycles. The lowest BCUT2D eigenvalue weighted by Gasteiger charge is -2.18. The maximum absolute atomic E-state index is 13.6. The largest absolute Gasteiger partial charge is 0.377 e. The Hall–Kier alpha value is -1.68. The Morgan fingerprint density at radius 1 is 1.05 bits per heavy atom. The highest BCUT2D eigenvalue weighted by Crippen LogP contribution is 2.29. The Labute approximate surface area is 114 Å². The molecule has 5 heteroatoms. The van der Waals surface area contributed by atoms with Crippen molar-refractivity contribution in [2.24, 2.45) is 0 Å². The fraction of sp³-hybridized carbons (Fsp3) is 0.143. The van der Waals surface area contributed by atoms with Crippen LogP contribution in [-0.4, -0.2) is 0 Å². The first-order valence-electron chi connectivity index (χ1n) is 5.64. The predicted octanol–water partition coefficient (Wildman–Crippen LogP) is 4.93. The van der Waals surface area contributed by atoms with Crippen LogP contribution in [0.4, 0.5) is 18.9 Å². The molecule has 0 heterocycles. The van der Waals surface area contributed by atoms with Crippen molar-refractivity contribution in [3.63, 3.8) is 0 Å². The van der Waals surface area contributed by atoms with Crippen molar-refractivity contribution in [3.05, 3.63) is 64.4 Å². The molecule has 1 nitrogen and oxygen atoms in total. The first-order valence-corrected chi connectivity index (χ1v) is 6.02. The lowest BCUT2D eigenvalue weighted by Crippen LogP contribution is -2.11. The highest BCUT2D eigenvalue weighted by Gasteiger charge is 2.16. The van der Waals surface area contributed by atoms with Crippen LogP contribution < -0.4 is 5.32 Å². The van der Waals surface area contributed by atoms with Gasteiger partial charge in [-0.3, -0.25) is 0 Å². The zero-order valence-corrected chi connectivity index (χ0v) is 10.8. The number of hydrogen-bond donors (Lipinski definition) is 1. The summed E-state index contributed by atoms with van der Waals surface area (Å²) in [7, 11) is 0. The van der Waals surface area contributed by atoms with Gasteiger partial charge in [-0.05, 0) is 37.3 Å². The quantitative estimate of drug-likeness (QED) is 0.843. The Kier molecular flexibility index (Phi) is 4.00. The van der Waals surface area contributed by atoms with Gasteiger partial charge in [0, 0.05) is 5.56 Å². The molecular formula is C14H11ClF3N. The van der Waals surface area contributed by atoms with Crippen LogP contribution in [0.2, 0.25) is 5.02 Å². The minimum atomic E-state index is -0.680. The van der Waals surface area contributed by atoms with Crippen molar-refractivity contribution < 1.29 is 13.2 Å². The van der Waals surface area contributed by atoms with E-state index in [4.69, 9.17) is 11.6 Å². The third-order valence-corrected chi connectivity index (χ3v) is 3.06. The number of hydrogen-bond acceptors (Lipinski definition) is 1. The molecule has 0 radical (unpaired) electrons. The Morgan fingerprint density at radius 3 is 2.32 bits per heavy atom. The van der Waals surface area contributed by atoms with Gasteiger partial charge in [-0.2, -0.15) is 0 Å². The van der Waals surface area contributed by atoms with E-state index in [-0.39, 0.29) is 16.3 Å². The molecule has 1 N–H and O–H groups in total. The van der Waals surface area contributed by atoms with Crippen molar-refractivity contribution in [2.45, 2.75) is 13.0 Å². The van der Waals surface area contributed by atoms with Gasteiger partial charge in [0.05, 0.1) is 16.8 Å². The molecule has 1 unspecified atom stereocenters. The molecule has 0 spiro atoms. The molecule has 0 aliphatic rings. The van der Waals surface area contributed by atoms with Gasteiger partial charge < -0.3 is 5.32 Å². The molecule has 0 aliphatic heterocycles. The molecule has 19 heavy (non-hydrogen) atoms. The van der Waals surface area contributed by atoms with E-state index in [1.165, 1.54) is 36.4 Å². The highest BCUT2D eigenvalue weighted by molar-refractivity contribution is 6.33. The third-order valence-electron chi connectivity index (χ3n) is 2.73. The van der Waals surface area contributed by atoms with E-state index < -0.39 is 23.5 Å². The van der Waals surface area contributed by atoms with Crippen LogP contribution in [0.5, 0.6) is 0 Å². The standard InChI is InChI=1S/C14H11ClF3N/c1-8(14-11(17)3-2-4-12(14)18)19-13-7-9(16)5-6-10(13)15/h2-8,19H,1H3. The van der Waals surface area contributed by atoms with Crippen molar-refractivity contribution in [3.8, 4) is 0 Å². The van der Waals surface area contributed by atoms with Crippen molar-refractivity contribution in [1.29, 1.82) is 0 Å². The van der Waals surface area contributed by atoms with Gasteiger partial charge in [-0.25, -0.2) is 13.2 Å². The minimum absolute atomic E-state index is 0.108. The fourth-order valence-electron chi connectivity index (χ4n) is 1.84. The molecule has 0 saturated heterocycles. The lowest BCUT2D eigenvalue weighted by molar-refractivity contribution is 0.544. The zero-order chi connectivity index (χ0) is 14.0. The summed E-state index contributed by atoms with van der Waals surface area (Å²) in [5.41, 5.74) is 0.180. The number of rotatable bonds is 3. The normalized spacial score (nSPS) is 12.3. The fourth-order valence-corrected chi connectivity index (χ4v) is 2.01. The number of benzene rings is 2. The molecule has 0 bridgehead atoms. The van der Waals surface area contributed by atoms with Crippen LogP contribution in [0.3, 0.4) is 0 Å². The summed E-state index contributed by atoms with van der Waals surface area (Å²) >= 11 is 5.89. The molecule has 2 rings (SSSR count). The topological polar surface area (TPSA) is 12.0 Å². The van der Waals surface area contributed by atoms with Gasteiger partial charge in [0.25, 0.3) is 0 Å². The van der Waals surface area contributed by atoms with Gasteiger partial charge >= 0.3 is 0 Å². The Morgan fingerprint density at radius 2 is 1.68 bits per heavy atom. The van der Waals surface area contributed by atoms with Crippen molar-refractivity contribution in [1.82, 2.24) is 0 Å². The summed E-state index contributed by atoms with van der Waals surface area (Å²) in [6.07, 6.45) is 0. The van der Waals surface area contributed by atoms with Gasteiger partial charge in [-0.1, -0.05) is 17.7 Å². The van der Waals surface area contributed by atoms with Gasteiger partial charge in [0.15, 0.2) is 0 Å². The summed E-state index contributed by atoms with van der Waals surface area (Å²) < 4.78 is 40.3. The van der Waals surface area contributed by atoms with E-state index in [9.17, 15) is 13.2 Å². The van der Waals surface area contributed by atoms with E-state index in [0.29, 0.717) is 0 Å². The van der Waals surface area contributed by atoms with E-state index >= 15 is 0 Å². The van der Waals surface area contributed by atoms with Crippen molar-refractivity contribution in [2.75, 3.05) is 5.32 Å². The van der Waals surface area contributed by atoms with Crippen LogP contribution in [0.15, 0.2) is 36.4 Å². The molecule has 100 valence electrons. The van der Waals surface area contributed by atoms with E-state index in [1.54, 1.807) is 6.92 Å². The average Bonchev–Trinajstić information content (AvgIpc) is 2.33. The molecule has 0 saturated carbocycles. The van der Waals surface area contributed by atoms with Crippen molar-refractivity contribution >= 4 is 17.3 Å². The maximum atomic E-state index is 13.6. The smallest absolute Gasteiger partial charge is 0.131 e. The first kappa shape index (κ1) is 13.7. The number of halogens is 4. The zero-order valence-electron chi connectivity index (χ0n) is 10.1. The van der Waals surface area contributed by atoms with Crippen LogP contribution in [0, 0.1) is 17.5 Å². The second kappa shape index (κ2) is 5.53. The van der Waals surface area contributed by atoms with E-state index in [2.05, 4.69) is 5.32 Å². The Bertz CT molecular complexity index is 581. The molecular weight excluding hydrogens is 275 g/mol. The molecule has 0 aromatic heterocycles. The summed E-state index contributed by atoms with van der Waals surface area (Å²) in [6.45, 7) is 1.57. The van der Waals surface area contributed by atoms with Crippen LogP contribution >= 0.6 is 11.6 Å². The predicted molar refractivity (Wildman–Crippen MR) is 69.8 cm³/mol. The van der Waals surface area contributed by atoms with E-state index in [0.717, 1.165) is 0 Å². The third kappa shape index (κ3) is 3.01. The second-order valence-corrected chi connectivity index (χ2v) is 4.53. The molecule has 0 aliphatic carbocycles. The van der Waals surface area contributed by atoms with Crippen LogP contribution in [-0.2, 0) is 0 Å². The minimum Gasteiger partial charge on any atom is -0.377 e. The summed E-state index contributed by atoms with van der Waals surface area (Å²) in [5.74, 6) is -1.80. The maximum Gasteiger partial charge on any atom is 0.131 e. The monoisotopic (exact) mass is 285 g/mol. The van der Waals surface area contributed by atoms with Gasteiger partial charge in [-0.15, -0.1) is 0 Å². The molecule has 2 aromatic rings. The summed E-state index contributed by atoms with van der Waals surface area (Å²) in [6, 6.07) is 6.72. The molecule has 0 fully saturated rings. The van der Waals surface area contributed by atoms with Gasteiger partial charge in [0.2, 0.25) is 0 Å².